The summed E-state index contributed by atoms with van der Waals surface area (Å²) in [5, 5.41) is 0. The van der Waals surface area contributed by atoms with Crippen LogP contribution in [0, 0.1) is 6.57 Å². The van der Waals surface area contributed by atoms with E-state index >= 15 is 0 Å². The molecule has 4 heteroatoms. The zero-order valence-corrected chi connectivity index (χ0v) is 10.6. The minimum absolute atomic E-state index is 0.128. The maximum absolute atomic E-state index is 6.91. The lowest BCUT2D eigenvalue weighted by Gasteiger charge is -2.08. The number of nitrogens with zero attached hydrogens (tertiary/aromatic N) is 1. The molecule has 3 rings (SSSR count). The Kier molecular flexibility index (Phi) is 2.98. The van der Waals surface area contributed by atoms with Gasteiger partial charge in [0.15, 0.2) is 5.69 Å². The number of hydrogen-bond acceptors (Lipinski definition) is 2. The Morgan fingerprint density at radius 1 is 1.16 bits per heavy atom. The third-order valence-electron chi connectivity index (χ3n) is 3.25. The highest BCUT2D eigenvalue weighted by molar-refractivity contribution is 6.67. The molecule has 0 amide bonds. The van der Waals surface area contributed by atoms with Crippen LogP contribution < -0.4 is 10.2 Å². The third kappa shape index (κ3) is 2.33. The summed E-state index contributed by atoms with van der Waals surface area (Å²) in [6.07, 6.45) is 0. The van der Waals surface area contributed by atoms with Crippen LogP contribution in [-0.2, 0) is 11.3 Å². The molecule has 0 atom stereocenters. The molecule has 3 nitrogen and oxygen atoms in total. The predicted molar refractivity (Wildman–Crippen MR) is 75.3 cm³/mol. The Morgan fingerprint density at radius 3 is 2.63 bits per heavy atom. The highest BCUT2D eigenvalue weighted by Gasteiger charge is 2.23. The maximum atomic E-state index is 6.91. The van der Waals surface area contributed by atoms with Gasteiger partial charge >= 0.3 is 6.92 Å². The van der Waals surface area contributed by atoms with Crippen LogP contribution in [0.15, 0.2) is 42.5 Å². The average molecular weight is 249 g/mol. The van der Waals surface area contributed by atoms with Gasteiger partial charge in [-0.05, 0) is 35.3 Å². The SMILES string of the molecule is [C-]#[N+]c1ccc(Oc2ccc3c(c2)B(C)OC3)cc1. The van der Waals surface area contributed by atoms with Gasteiger partial charge in [0.05, 0.1) is 13.2 Å². The van der Waals surface area contributed by atoms with Crippen molar-refractivity contribution in [1.82, 2.24) is 0 Å². The lowest BCUT2D eigenvalue weighted by Crippen LogP contribution is -2.24. The second-order valence-corrected chi connectivity index (χ2v) is 4.52. The summed E-state index contributed by atoms with van der Waals surface area (Å²) in [5.41, 5.74) is 3.03. The monoisotopic (exact) mass is 249 g/mol. The molecule has 1 aliphatic rings. The number of rotatable bonds is 2. The second kappa shape index (κ2) is 4.79. The molecule has 0 fully saturated rings. The molecule has 1 heterocycles. The molecule has 0 saturated carbocycles. The highest BCUT2D eigenvalue weighted by atomic mass is 16.5. The maximum Gasteiger partial charge on any atom is 0.324 e. The van der Waals surface area contributed by atoms with E-state index in [1.165, 1.54) is 11.0 Å². The Labute approximate surface area is 112 Å². The molecule has 0 N–H and O–H groups in total. The number of hydrogen-bond donors (Lipinski definition) is 0. The minimum Gasteiger partial charge on any atom is -0.458 e. The molecule has 0 spiro atoms. The van der Waals surface area contributed by atoms with Crippen molar-refractivity contribution < 1.29 is 9.39 Å². The van der Waals surface area contributed by atoms with Crippen LogP contribution in [0.25, 0.3) is 4.85 Å². The van der Waals surface area contributed by atoms with Gasteiger partial charge in [0.1, 0.15) is 11.5 Å². The van der Waals surface area contributed by atoms with E-state index < -0.39 is 0 Å². The van der Waals surface area contributed by atoms with E-state index in [9.17, 15) is 0 Å². The van der Waals surface area contributed by atoms with Crippen LogP contribution >= 0.6 is 0 Å². The summed E-state index contributed by atoms with van der Waals surface area (Å²) in [6, 6.07) is 13.1. The largest absolute Gasteiger partial charge is 0.458 e. The topological polar surface area (TPSA) is 22.8 Å². The van der Waals surface area contributed by atoms with E-state index in [2.05, 4.69) is 4.85 Å². The van der Waals surface area contributed by atoms with E-state index in [-0.39, 0.29) is 6.92 Å². The van der Waals surface area contributed by atoms with Gasteiger partial charge in [0, 0.05) is 0 Å². The third-order valence-corrected chi connectivity index (χ3v) is 3.25. The predicted octanol–water partition coefficient (Wildman–Crippen LogP) is 3.39. The van der Waals surface area contributed by atoms with Crippen LogP contribution in [0.5, 0.6) is 11.5 Å². The normalized spacial score (nSPS) is 12.9. The van der Waals surface area contributed by atoms with Crippen molar-refractivity contribution in [2.45, 2.75) is 13.4 Å². The zero-order valence-electron chi connectivity index (χ0n) is 10.6. The molecule has 0 radical (unpaired) electrons. The van der Waals surface area contributed by atoms with Gasteiger partial charge in [0.25, 0.3) is 0 Å². The van der Waals surface area contributed by atoms with Crippen molar-refractivity contribution in [2.75, 3.05) is 0 Å². The standard InChI is InChI=1S/C15H12BNO2/c1-16-15-9-14(6-3-11(15)10-18-16)19-13-7-4-12(17-2)5-8-13/h3-9H,10H2,1H3. The average Bonchev–Trinajstić information content (AvgIpc) is 2.81. The summed E-state index contributed by atoms with van der Waals surface area (Å²) in [4.78, 5) is 3.35. The lowest BCUT2D eigenvalue weighted by molar-refractivity contribution is 0.333. The quantitative estimate of drug-likeness (QED) is 0.601. The van der Waals surface area contributed by atoms with Gasteiger partial charge in [-0.15, -0.1) is 0 Å². The Hall–Kier alpha value is -2.25. The smallest absolute Gasteiger partial charge is 0.324 e. The summed E-state index contributed by atoms with van der Waals surface area (Å²) < 4.78 is 11.4. The first-order valence-corrected chi connectivity index (χ1v) is 6.16. The van der Waals surface area contributed by atoms with Crippen molar-refractivity contribution in [3.05, 3.63) is 59.4 Å². The minimum atomic E-state index is 0.128. The Bertz CT molecular complexity index is 646. The number of fused-ring (bicyclic) bond motifs is 1. The van der Waals surface area contributed by atoms with Crippen LogP contribution in [0.1, 0.15) is 5.56 Å². The molecule has 0 aliphatic carbocycles. The highest BCUT2D eigenvalue weighted by Crippen LogP contribution is 2.25. The van der Waals surface area contributed by atoms with Gasteiger partial charge in [0.2, 0.25) is 0 Å². The molecule has 0 aromatic heterocycles. The fourth-order valence-corrected chi connectivity index (χ4v) is 2.18. The van der Waals surface area contributed by atoms with Crippen molar-refractivity contribution in [3.63, 3.8) is 0 Å². The van der Waals surface area contributed by atoms with E-state index in [4.69, 9.17) is 16.0 Å². The Balaban J connectivity index is 1.83. The molecule has 0 bridgehead atoms. The van der Waals surface area contributed by atoms with Gasteiger partial charge in [-0.3, -0.25) is 0 Å². The Morgan fingerprint density at radius 2 is 1.89 bits per heavy atom. The van der Waals surface area contributed by atoms with Crippen molar-refractivity contribution in [2.24, 2.45) is 0 Å². The van der Waals surface area contributed by atoms with Gasteiger partial charge in [-0.1, -0.05) is 25.0 Å². The van der Waals surface area contributed by atoms with Gasteiger partial charge in [-0.2, -0.15) is 0 Å². The molecular formula is C15H12BNO2. The number of ether oxygens (including phenoxy) is 1. The summed E-state index contributed by atoms with van der Waals surface area (Å²) in [5.74, 6) is 1.53. The van der Waals surface area contributed by atoms with E-state index in [1.807, 2.05) is 25.0 Å². The van der Waals surface area contributed by atoms with Crippen LogP contribution in [0.2, 0.25) is 6.82 Å². The van der Waals surface area contributed by atoms with Crippen molar-refractivity contribution >= 4 is 18.1 Å². The summed E-state index contributed by atoms with van der Waals surface area (Å²) in [6.45, 7) is 9.76. The van der Waals surface area contributed by atoms with E-state index in [0.29, 0.717) is 12.3 Å². The van der Waals surface area contributed by atoms with Crippen LogP contribution in [0.4, 0.5) is 5.69 Å². The molecule has 0 saturated heterocycles. The molecule has 2 aromatic rings. The van der Waals surface area contributed by atoms with Crippen molar-refractivity contribution in [1.29, 1.82) is 0 Å². The van der Waals surface area contributed by atoms with Crippen molar-refractivity contribution in [3.8, 4) is 11.5 Å². The first-order valence-electron chi connectivity index (χ1n) is 6.16. The fourth-order valence-electron chi connectivity index (χ4n) is 2.18. The van der Waals surface area contributed by atoms with Gasteiger partial charge < -0.3 is 9.39 Å². The first-order chi connectivity index (χ1) is 9.26. The van der Waals surface area contributed by atoms with Crippen LogP contribution in [-0.4, -0.2) is 6.92 Å². The fraction of sp³-hybridized carbons (Fsp3) is 0.133. The summed E-state index contributed by atoms with van der Waals surface area (Å²) in [7, 11) is 0. The molecule has 1 aliphatic heterocycles. The summed E-state index contributed by atoms with van der Waals surface area (Å²) >= 11 is 0. The molecule has 2 aromatic carbocycles. The second-order valence-electron chi connectivity index (χ2n) is 4.52. The van der Waals surface area contributed by atoms with E-state index in [1.54, 1.807) is 24.3 Å². The zero-order chi connectivity index (χ0) is 13.2. The lowest BCUT2D eigenvalue weighted by atomic mass is 9.64. The molecule has 92 valence electrons. The molecular weight excluding hydrogens is 237 g/mol. The van der Waals surface area contributed by atoms with Gasteiger partial charge in [-0.25, -0.2) is 4.85 Å². The van der Waals surface area contributed by atoms with E-state index in [0.717, 1.165) is 11.5 Å². The first kappa shape index (κ1) is 11.8. The van der Waals surface area contributed by atoms with Crippen LogP contribution in [0.3, 0.4) is 0 Å². The number of benzene rings is 2. The molecule has 0 unspecified atom stereocenters. The molecule has 19 heavy (non-hydrogen) atoms.